The first-order valence-corrected chi connectivity index (χ1v) is 5.02. The van der Waals surface area contributed by atoms with Crippen molar-refractivity contribution in [3.05, 3.63) is 35.9 Å². The Labute approximate surface area is 84.8 Å². The number of anilines is 1. The Morgan fingerprint density at radius 1 is 1.36 bits per heavy atom. The maximum absolute atomic E-state index is 5.60. The monoisotopic (exact) mass is 189 g/mol. The molecule has 1 heterocycles. The molecule has 0 bridgehead atoms. The molecule has 14 heavy (non-hydrogen) atoms. The van der Waals surface area contributed by atoms with Crippen LogP contribution in [0, 0.1) is 0 Å². The van der Waals surface area contributed by atoms with Gasteiger partial charge in [0.05, 0.1) is 18.3 Å². The molecule has 0 fully saturated rings. The Morgan fingerprint density at radius 2 is 2.14 bits per heavy atom. The van der Waals surface area contributed by atoms with Gasteiger partial charge in [-0.25, -0.2) is 5.06 Å². The van der Waals surface area contributed by atoms with Crippen LogP contribution in [-0.2, 0) is 4.84 Å². The van der Waals surface area contributed by atoms with Crippen molar-refractivity contribution in [3.63, 3.8) is 0 Å². The number of para-hydroxylation sites is 1. The summed E-state index contributed by atoms with van der Waals surface area (Å²) in [4.78, 5) is 5.60. The van der Waals surface area contributed by atoms with Gasteiger partial charge in [-0.3, -0.25) is 4.84 Å². The van der Waals surface area contributed by atoms with E-state index in [1.807, 2.05) is 24.1 Å². The molecule has 1 atom stereocenters. The topological polar surface area (TPSA) is 12.5 Å². The zero-order valence-corrected chi connectivity index (χ0v) is 8.60. The Balaban J connectivity index is 2.37. The third-order valence-electron chi connectivity index (χ3n) is 2.37. The molecule has 0 aliphatic carbocycles. The van der Waals surface area contributed by atoms with Crippen molar-refractivity contribution in [1.82, 2.24) is 0 Å². The van der Waals surface area contributed by atoms with Crippen molar-refractivity contribution < 1.29 is 4.84 Å². The van der Waals surface area contributed by atoms with Crippen LogP contribution >= 0.6 is 0 Å². The highest BCUT2D eigenvalue weighted by Gasteiger charge is 2.18. The molecular weight excluding hydrogens is 174 g/mol. The molecular formula is C12H15NO. The minimum Gasteiger partial charge on any atom is -0.273 e. The third-order valence-corrected chi connectivity index (χ3v) is 2.37. The molecule has 2 nitrogen and oxygen atoms in total. The Hall–Kier alpha value is -1.28. The Kier molecular flexibility index (Phi) is 2.55. The van der Waals surface area contributed by atoms with Crippen molar-refractivity contribution in [2.75, 3.05) is 11.7 Å². The summed E-state index contributed by atoms with van der Waals surface area (Å²) >= 11 is 0. The van der Waals surface area contributed by atoms with Crippen molar-refractivity contribution >= 4 is 11.8 Å². The SMILES string of the molecule is CCON1c2ccccc2C=CC1C. The molecule has 0 aromatic heterocycles. The molecule has 0 amide bonds. The molecule has 1 aliphatic heterocycles. The standard InChI is InChI=1S/C12H15NO/c1-3-14-13-10(2)8-9-11-6-4-5-7-12(11)13/h4-10H,3H2,1-2H3. The van der Waals surface area contributed by atoms with E-state index in [-0.39, 0.29) is 0 Å². The van der Waals surface area contributed by atoms with Gasteiger partial charge in [0.2, 0.25) is 0 Å². The fraction of sp³-hybridized carbons (Fsp3) is 0.333. The third kappa shape index (κ3) is 1.53. The van der Waals surface area contributed by atoms with Crippen LogP contribution in [0.4, 0.5) is 5.69 Å². The number of fused-ring (bicyclic) bond motifs is 1. The lowest BCUT2D eigenvalue weighted by Crippen LogP contribution is -2.33. The van der Waals surface area contributed by atoms with Crippen LogP contribution in [0.15, 0.2) is 30.3 Å². The minimum absolute atomic E-state index is 0.310. The predicted molar refractivity (Wildman–Crippen MR) is 59.0 cm³/mol. The van der Waals surface area contributed by atoms with Crippen LogP contribution in [0.5, 0.6) is 0 Å². The number of hydrogen-bond donors (Lipinski definition) is 0. The smallest absolute Gasteiger partial charge is 0.0721 e. The maximum atomic E-state index is 5.60. The maximum Gasteiger partial charge on any atom is 0.0721 e. The summed E-state index contributed by atoms with van der Waals surface area (Å²) in [5, 5.41) is 1.97. The Morgan fingerprint density at radius 3 is 2.93 bits per heavy atom. The van der Waals surface area contributed by atoms with E-state index in [9.17, 15) is 0 Å². The average Bonchev–Trinajstić information content (AvgIpc) is 2.23. The van der Waals surface area contributed by atoms with Crippen LogP contribution < -0.4 is 5.06 Å². The van der Waals surface area contributed by atoms with Gasteiger partial charge in [0, 0.05) is 0 Å². The molecule has 0 N–H and O–H groups in total. The molecule has 0 spiro atoms. The number of nitrogens with zero attached hydrogens (tertiary/aromatic N) is 1. The molecule has 74 valence electrons. The highest BCUT2D eigenvalue weighted by atomic mass is 16.7. The molecule has 0 saturated heterocycles. The highest BCUT2D eigenvalue weighted by molar-refractivity contribution is 5.70. The molecule has 0 radical (unpaired) electrons. The minimum atomic E-state index is 0.310. The van der Waals surface area contributed by atoms with Crippen molar-refractivity contribution in [2.24, 2.45) is 0 Å². The number of rotatable bonds is 2. The van der Waals surface area contributed by atoms with Crippen molar-refractivity contribution in [1.29, 1.82) is 0 Å². The van der Waals surface area contributed by atoms with Gasteiger partial charge < -0.3 is 0 Å². The van der Waals surface area contributed by atoms with Crippen molar-refractivity contribution in [2.45, 2.75) is 19.9 Å². The zero-order valence-electron chi connectivity index (χ0n) is 8.60. The second-order valence-electron chi connectivity index (χ2n) is 3.40. The van der Waals surface area contributed by atoms with E-state index in [0.29, 0.717) is 12.6 Å². The second-order valence-corrected chi connectivity index (χ2v) is 3.40. The van der Waals surface area contributed by atoms with E-state index in [0.717, 1.165) is 5.69 Å². The van der Waals surface area contributed by atoms with Gasteiger partial charge >= 0.3 is 0 Å². The number of hydroxylamine groups is 1. The summed E-state index contributed by atoms with van der Waals surface area (Å²) in [7, 11) is 0. The Bertz CT molecular complexity index is 346. The van der Waals surface area contributed by atoms with E-state index in [2.05, 4.69) is 31.2 Å². The van der Waals surface area contributed by atoms with Crippen molar-refractivity contribution in [3.8, 4) is 0 Å². The molecule has 1 aromatic carbocycles. The first-order chi connectivity index (χ1) is 6.83. The van der Waals surface area contributed by atoms with Crippen LogP contribution in [-0.4, -0.2) is 12.6 Å². The van der Waals surface area contributed by atoms with E-state index in [4.69, 9.17) is 4.84 Å². The van der Waals surface area contributed by atoms with Gasteiger partial charge in [-0.1, -0.05) is 30.4 Å². The summed E-state index contributed by atoms with van der Waals surface area (Å²) in [6, 6.07) is 8.58. The summed E-state index contributed by atoms with van der Waals surface area (Å²) in [6.45, 7) is 4.84. The largest absolute Gasteiger partial charge is 0.273 e. The lowest BCUT2D eigenvalue weighted by atomic mass is 10.1. The van der Waals surface area contributed by atoms with E-state index in [1.54, 1.807) is 0 Å². The van der Waals surface area contributed by atoms with E-state index in [1.165, 1.54) is 5.56 Å². The van der Waals surface area contributed by atoms with Crippen LogP contribution in [0.25, 0.3) is 6.08 Å². The summed E-state index contributed by atoms with van der Waals surface area (Å²) in [5.74, 6) is 0. The van der Waals surface area contributed by atoms with E-state index >= 15 is 0 Å². The van der Waals surface area contributed by atoms with Crippen LogP contribution in [0.1, 0.15) is 19.4 Å². The van der Waals surface area contributed by atoms with Gasteiger partial charge in [0.1, 0.15) is 0 Å². The number of hydrogen-bond acceptors (Lipinski definition) is 2. The first kappa shape index (κ1) is 9.28. The molecule has 1 unspecified atom stereocenters. The lowest BCUT2D eigenvalue weighted by Gasteiger charge is -2.31. The molecule has 2 rings (SSSR count). The molecule has 2 heteroatoms. The zero-order chi connectivity index (χ0) is 9.97. The van der Waals surface area contributed by atoms with Gasteiger partial charge in [0.15, 0.2) is 0 Å². The van der Waals surface area contributed by atoms with Crippen LogP contribution in [0.3, 0.4) is 0 Å². The highest BCUT2D eigenvalue weighted by Crippen LogP contribution is 2.28. The quantitative estimate of drug-likeness (QED) is 0.709. The van der Waals surface area contributed by atoms with Gasteiger partial charge in [-0.15, -0.1) is 0 Å². The molecule has 1 aliphatic rings. The second kappa shape index (κ2) is 3.84. The molecule has 0 saturated carbocycles. The fourth-order valence-electron chi connectivity index (χ4n) is 1.70. The van der Waals surface area contributed by atoms with Crippen LogP contribution in [0.2, 0.25) is 0 Å². The first-order valence-electron chi connectivity index (χ1n) is 5.02. The lowest BCUT2D eigenvalue weighted by molar-refractivity contribution is 0.109. The number of benzene rings is 1. The van der Waals surface area contributed by atoms with Gasteiger partial charge in [0.25, 0.3) is 0 Å². The average molecular weight is 189 g/mol. The summed E-state index contributed by atoms with van der Waals surface area (Å²) < 4.78 is 0. The normalized spacial score (nSPS) is 19.6. The fourth-order valence-corrected chi connectivity index (χ4v) is 1.70. The summed E-state index contributed by atoms with van der Waals surface area (Å²) in [5.41, 5.74) is 2.38. The van der Waals surface area contributed by atoms with Gasteiger partial charge in [-0.05, 0) is 25.5 Å². The predicted octanol–water partition coefficient (Wildman–Crippen LogP) is 2.86. The van der Waals surface area contributed by atoms with E-state index < -0.39 is 0 Å². The molecule has 1 aromatic rings. The van der Waals surface area contributed by atoms with Gasteiger partial charge in [-0.2, -0.15) is 0 Å². The summed E-state index contributed by atoms with van der Waals surface area (Å²) in [6.07, 6.45) is 4.30.